The fourth-order valence-electron chi connectivity index (χ4n) is 14.7. The number of aliphatic imine (C=N–C) groups is 2. The lowest BCUT2D eigenvalue weighted by Gasteiger charge is -2.57. The van der Waals surface area contributed by atoms with Gasteiger partial charge >= 0.3 is 0 Å². The molecule has 284 valence electrons. The second-order valence-electron chi connectivity index (χ2n) is 21.3. The Morgan fingerprint density at radius 3 is 1.15 bits per heavy atom. The molecule has 2 aromatic rings. The van der Waals surface area contributed by atoms with E-state index in [4.69, 9.17) is 19.5 Å². The highest BCUT2D eigenvalue weighted by atomic mass is 16.5. The summed E-state index contributed by atoms with van der Waals surface area (Å²) >= 11 is 0. The maximum absolute atomic E-state index is 6.77. The highest BCUT2D eigenvalue weighted by Gasteiger charge is 2.54. The molecule has 53 heavy (non-hydrogen) atoms. The van der Waals surface area contributed by atoms with Crippen LogP contribution in [-0.4, -0.2) is 37.1 Å². The predicted molar refractivity (Wildman–Crippen MR) is 216 cm³/mol. The maximum Gasteiger partial charge on any atom is 0.200 e. The lowest BCUT2D eigenvalue weighted by Crippen LogP contribution is -2.48. The second kappa shape index (κ2) is 13.3. The van der Waals surface area contributed by atoms with Crippen LogP contribution < -0.4 is 0 Å². The Bertz CT molecular complexity index is 1520. The standard InChI is InChI=1S/C49H66N2O2/c1-31(2)13-43-29-52-45(50-43)49(46-51-44(30-53-46)14-32(3)4,27-33-5-9-41(10-6-33)47-21-35-15-36(22-47)17-37(16-35)23-47)28-34-7-11-42(12-8-34)48-24-38-18-39(25-48)20-40(19-38)26-48/h5-12,31-32,35-40,43-44H,13-30H2,1-4H3/t35?,36?,37?,38?,39?,40?,43-,44-,47?,48?/m1/s1. The summed E-state index contributed by atoms with van der Waals surface area (Å²) in [5.74, 6) is 8.60. The summed E-state index contributed by atoms with van der Waals surface area (Å²) in [6, 6.07) is 20.3. The summed E-state index contributed by atoms with van der Waals surface area (Å²) in [5, 5.41) is 0. The molecule has 8 bridgehead atoms. The summed E-state index contributed by atoms with van der Waals surface area (Å²) in [6.45, 7) is 10.5. The smallest absolute Gasteiger partial charge is 0.200 e. The van der Waals surface area contributed by atoms with E-state index < -0.39 is 5.41 Å². The molecule has 0 spiro atoms. The normalized spacial score (nSPS) is 38.1. The lowest BCUT2D eigenvalue weighted by atomic mass is 9.48. The molecule has 0 radical (unpaired) electrons. The minimum Gasteiger partial charge on any atom is -0.478 e. The highest BCUT2D eigenvalue weighted by Crippen LogP contribution is 2.62. The Labute approximate surface area is 320 Å². The van der Waals surface area contributed by atoms with Gasteiger partial charge in [0.1, 0.15) is 18.6 Å². The van der Waals surface area contributed by atoms with Gasteiger partial charge in [0.25, 0.3) is 0 Å². The van der Waals surface area contributed by atoms with E-state index in [0.717, 1.165) is 73.0 Å². The number of ether oxygens (including phenoxy) is 2. The topological polar surface area (TPSA) is 43.2 Å². The Balaban J connectivity index is 1.00. The van der Waals surface area contributed by atoms with E-state index in [0.29, 0.717) is 35.9 Å². The van der Waals surface area contributed by atoms with Crippen LogP contribution in [0.5, 0.6) is 0 Å². The molecule has 8 aliphatic carbocycles. The zero-order chi connectivity index (χ0) is 36.0. The van der Waals surface area contributed by atoms with Crippen molar-refractivity contribution in [2.24, 2.45) is 62.7 Å². The molecule has 0 N–H and O–H groups in total. The fraction of sp³-hybridized carbons (Fsp3) is 0.714. The van der Waals surface area contributed by atoms with Gasteiger partial charge in [-0.15, -0.1) is 0 Å². The van der Waals surface area contributed by atoms with Gasteiger partial charge in [0.2, 0.25) is 0 Å². The Hall–Kier alpha value is -2.62. The molecular formula is C49H66N2O2. The molecule has 10 aliphatic rings. The predicted octanol–water partition coefficient (Wildman–Crippen LogP) is 11.1. The van der Waals surface area contributed by atoms with Gasteiger partial charge in [-0.05, 0) is 183 Å². The Morgan fingerprint density at radius 1 is 0.528 bits per heavy atom. The number of hydrogen-bond donors (Lipinski definition) is 0. The average molecular weight is 715 g/mol. The largest absolute Gasteiger partial charge is 0.478 e. The molecular weight excluding hydrogens is 649 g/mol. The second-order valence-corrected chi connectivity index (χ2v) is 21.3. The van der Waals surface area contributed by atoms with Crippen LogP contribution in [0.3, 0.4) is 0 Å². The van der Waals surface area contributed by atoms with Crippen LogP contribution in [0.15, 0.2) is 58.5 Å². The van der Waals surface area contributed by atoms with Crippen molar-refractivity contribution in [3.63, 3.8) is 0 Å². The monoisotopic (exact) mass is 715 g/mol. The van der Waals surface area contributed by atoms with Gasteiger partial charge in [-0.3, -0.25) is 0 Å². The van der Waals surface area contributed by atoms with Crippen molar-refractivity contribution in [3.05, 3.63) is 70.8 Å². The van der Waals surface area contributed by atoms with Crippen molar-refractivity contribution >= 4 is 11.8 Å². The first kappa shape index (κ1) is 34.8. The molecule has 2 heterocycles. The molecule has 0 aromatic heterocycles. The molecule has 2 aromatic carbocycles. The summed E-state index contributed by atoms with van der Waals surface area (Å²) in [6.07, 6.45) is 21.1. The summed E-state index contributed by atoms with van der Waals surface area (Å²) < 4.78 is 13.5. The van der Waals surface area contributed by atoms with E-state index in [1.807, 2.05) is 0 Å². The third-order valence-corrected chi connectivity index (χ3v) is 16.0. The van der Waals surface area contributed by atoms with Gasteiger partial charge in [-0.1, -0.05) is 76.2 Å². The summed E-state index contributed by atoms with van der Waals surface area (Å²) in [7, 11) is 0. The molecule has 0 saturated heterocycles. The number of benzene rings is 2. The van der Waals surface area contributed by atoms with E-state index >= 15 is 0 Å². The highest BCUT2D eigenvalue weighted by molar-refractivity contribution is 6.07. The van der Waals surface area contributed by atoms with E-state index in [9.17, 15) is 0 Å². The quantitative estimate of drug-likeness (QED) is 0.220. The van der Waals surface area contributed by atoms with Crippen LogP contribution in [0.1, 0.15) is 140 Å². The minimum absolute atomic E-state index is 0.190. The number of nitrogens with zero attached hydrogens (tertiary/aromatic N) is 2. The van der Waals surface area contributed by atoms with Crippen LogP contribution in [0.25, 0.3) is 0 Å². The van der Waals surface area contributed by atoms with Crippen molar-refractivity contribution in [2.45, 2.75) is 153 Å². The molecule has 4 heteroatoms. The van der Waals surface area contributed by atoms with Crippen molar-refractivity contribution in [2.75, 3.05) is 13.2 Å². The van der Waals surface area contributed by atoms with Crippen LogP contribution in [0, 0.1) is 52.8 Å². The fourth-order valence-corrected chi connectivity index (χ4v) is 14.7. The van der Waals surface area contributed by atoms with E-state index in [-0.39, 0.29) is 12.1 Å². The van der Waals surface area contributed by atoms with Crippen molar-refractivity contribution < 1.29 is 9.47 Å². The van der Waals surface area contributed by atoms with Crippen LogP contribution in [0.4, 0.5) is 0 Å². The van der Waals surface area contributed by atoms with Gasteiger partial charge in [-0.2, -0.15) is 0 Å². The van der Waals surface area contributed by atoms with Gasteiger partial charge in [0.15, 0.2) is 11.8 Å². The first-order valence-corrected chi connectivity index (χ1v) is 22.2. The lowest BCUT2D eigenvalue weighted by molar-refractivity contribution is -0.00531. The van der Waals surface area contributed by atoms with Crippen molar-refractivity contribution in [3.8, 4) is 0 Å². The van der Waals surface area contributed by atoms with E-state index in [1.165, 1.54) is 88.2 Å². The van der Waals surface area contributed by atoms with Crippen molar-refractivity contribution in [1.29, 1.82) is 0 Å². The third kappa shape index (κ3) is 6.42. The number of rotatable bonds is 12. The van der Waals surface area contributed by atoms with E-state index in [1.54, 1.807) is 11.1 Å². The average Bonchev–Trinajstić information content (AvgIpc) is 3.77. The molecule has 8 fully saturated rings. The maximum atomic E-state index is 6.77. The summed E-state index contributed by atoms with van der Waals surface area (Å²) in [4.78, 5) is 10.9. The van der Waals surface area contributed by atoms with Gasteiger partial charge in [-0.25, -0.2) is 9.98 Å². The first-order valence-electron chi connectivity index (χ1n) is 22.2. The van der Waals surface area contributed by atoms with Gasteiger partial charge in [0, 0.05) is 0 Å². The van der Waals surface area contributed by atoms with Gasteiger partial charge < -0.3 is 9.47 Å². The third-order valence-electron chi connectivity index (χ3n) is 16.0. The SMILES string of the molecule is CC(C)C[C@@H]1COC(C(Cc2ccc(C34CC5CC(CC(C5)C3)C4)cc2)(Cc2ccc(C34CC5CC(CC(C5)C3)C4)cc2)C2=N[C@H](CC(C)C)CO2)=N1. The van der Waals surface area contributed by atoms with Gasteiger partial charge in [0.05, 0.1) is 12.1 Å². The Kier molecular flexibility index (Phi) is 8.71. The van der Waals surface area contributed by atoms with Crippen molar-refractivity contribution in [1.82, 2.24) is 0 Å². The zero-order valence-electron chi connectivity index (χ0n) is 33.3. The molecule has 0 unspecified atom stereocenters. The molecule has 8 saturated carbocycles. The minimum atomic E-state index is -0.568. The molecule has 0 amide bonds. The first-order chi connectivity index (χ1) is 25.6. The molecule has 4 nitrogen and oxygen atoms in total. The van der Waals surface area contributed by atoms with Crippen LogP contribution >= 0.6 is 0 Å². The molecule has 12 rings (SSSR count). The molecule has 2 aliphatic heterocycles. The van der Waals surface area contributed by atoms with Crippen LogP contribution in [-0.2, 0) is 33.1 Å². The van der Waals surface area contributed by atoms with Crippen LogP contribution in [0.2, 0.25) is 0 Å². The zero-order valence-corrected chi connectivity index (χ0v) is 33.3. The Morgan fingerprint density at radius 2 is 0.849 bits per heavy atom. The van der Waals surface area contributed by atoms with E-state index in [2.05, 4.69) is 76.2 Å². The summed E-state index contributed by atoms with van der Waals surface area (Å²) in [5.41, 5.74) is 6.15. The molecule has 2 atom stereocenters. The number of hydrogen-bond acceptors (Lipinski definition) is 4.